The van der Waals surface area contributed by atoms with Gasteiger partial charge in [0.2, 0.25) is 0 Å². The second-order valence-electron chi connectivity index (χ2n) is 7.60. The van der Waals surface area contributed by atoms with E-state index in [1.54, 1.807) is 27.1 Å². The normalized spacial score (nSPS) is 17.3. The van der Waals surface area contributed by atoms with Crippen LogP contribution < -0.4 is 20.3 Å². The van der Waals surface area contributed by atoms with Crippen molar-refractivity contribution in [3.8, 4) is 5.75 Å². The Morgan fingerprint density at radius 2 is 2.07 bits per heavy atom. The number of aliphatic imine (C=N–C) groups is 1. The Balaban J connectivity index is 0.00000320. The largest absolute Gasteiger partial charge is 0.495 e. The van der Waals surface area contributed by atoms with E-state index < -0.39 is 0 Å². The average Bonchev–Trinajstić information content (AvgIpc) is 3.21. The highest BCUT2D eigenvalue weighted by Gasteiger charge is 2.24. The van der Waals surface area contributed by atoms with Crippen molar-refractivity contribution >= 4 is 35.6 Å². The molecule has 1 heterocycles. The second kappa shape index (κ2) is 11.4. The van der Waals surface area contributed by atoms with Gasteiger partial charge in [0, 0.05) is 26.7 Å². The molecule has 0 bridgehead atoms. The predicted molar refractivity (Wildman–Crippen MR) is 133 cm³/mol. The number of hydrogen-bond donors (Lipinski definition) is 2. The Labute approximate surface area is 196 Å². The van der Waals surface area contributed by atoms with Crippen molar-refractivity contribution in [1.82, 2.24) is 10.6 Å². The molecule has 1 aliphatic rings. The number of benzene rings is 2. The summed E-state index contributed by atoms with van der Waals surface area (Å²) in [7, 11) is 3.47. The molecule has 1 aliphatic heterocycles. The van der Waals surface area contributed by atoms with Crippen molar-refractivity contribution in [3.63, 3.8) is 0 Å². The molecule has 0 aromatic heterocycles. The van der Waals surface area contributed by atoms with E-state index in [-0.39, 0.29) is 35.8 Å². The number of aryl methyl sites for hydroxylation is 1. The molecule has 7 heteroatoms. The van der Waals surface area contributed by atoms with Crippen LogP contribution in [0.5, 0.6) is 5.75 Å². The Kier molecular flexibility index (Phi) is 9.20. The van der Waals surface area contributed by atoms with Crippen LogP contribution in [-0.4, -0.2) is 39.8 Å². The summed E-state index contributed by atoms with van der Waals surface area (Å²) in [6, 6.07) is 13.5. The van der Waals surface area contributed by atoms with Crippen molar-refractivity contribution in [2.45, 2.75) is 26.3 Å². The van der Waals surface area contributed by atoms with Crippen molar-refractivity contribution in [2.24, 2.45) is 10.9 Å². The summed E-state index contributed by atoms with van der Waals surface area (Å²) in [4.78, 5) is 6.70. The third-order valence-electron chi connectivity index (χ3n) is 5.54. The maximum absolute atomic E-state index is 13.9. The van der Waals surface area contributed by atoms with Gasteiger partial charge in [-0.2, -0.15) is 0 Å². The number of halogens is 2. The SMILES string of the molecule is CN=C(NCC1CCN(c2ccccc2OC)C1)NC(C)c1ccc(C)c(F)c1.I. The molecule has 0 aliphatic carbocycles. The van der Waals surface area contributed by atoms with Crippen LogP contribution in [0.25, 0.3) is 0 Å². The van der Waals surface area contributed by atoms with Gasteiger partial charge in [-0.3, -0.25) is 4.99 Å². The Morgan fingerprint density at radius 3 is 2.77 bits per heavy atom. The highest BCUT2D eigenvalue weighted by Crippen LogP contribution is 2.31. The monoisotopic (exact) mass is 526 g/mol. The first kappa shape index (κ1) is 24.2. The molecule has 2 aromatic rings. The topological polar surface area (TPSA) is 48.9 Å². The van der Waals surface area contributed by atoms with Crippen molar-refractivity contribution < 1.29 is 9.13 Å². The molecular weight excluding hydrogens is 494 g/mol. The molecule has 3 rings (SSSR count). The van der Waals surface area contributed by atoms with Crippen LogP contribution in [0.3, 0.4) is 0 Å². The number of hydrogen-bond acceptors (Lipinski definition) is 3. The van der Waals surface area contributed by atoms with E-state index in [1.807, 2.05) is 37.3 Å². The first-order valence-corrected chi connectivity index (χ1v) is 10.1. The van der Waals surface area contributed by atoms with Gasteiger partial charge in [-0.15, -0.1) is 24.0 Å². The molecular formula is C23H32FIN4O. The molecule has 164 valence electrons. The van der Waals surface area contributed by atoms with E-state index in [1.165, 1.54) is 0 Å². The Morgan fingerprint density at radius 1 is 1.30 bits per heavy atom. The Hall–Kier alpha value is -2.03. The number of para-hydroxylation sites is 2. The van der Waals surface area contributed by atoms with Crippen LogP contribution in [0.4, 0.5) is 10.1 Å². The second-order valence-corrected chi connectivity index (χ2v) is 7.60. The van der Waals surface area contributed by atoms with Gasteiger partial charge in [0.25, 0.3) is 0 Å². The standard InChI is InChI=1S/C23H31FN4O.HI/c1-16-9-10-19(13-20(16)24)17(2)27-23(25-3)26-14-18-11-12-28(15-18)21-7-5-6-8-22(21)29-4;/h5-10,13,17-18H,11-12,14-15H2,1-4H3,(H2,25,26,27);1H. The molecule has 2 aromatic carbocycles. The minimum absolute atomic E-state index is 0. The van der Waals surface area contributed by atoms with Gasteiger partial charge in [0.1, 0.15) is 11.6 Å². The fourth-order valence-electron chi connectivity index (χ4n) is 3.71. The van der Waals surface area contributed by atoms with E-state index in [0.29, 0.717) is 11.5 Å². The lowest BCUT2D eigenvalue weighted by Crippen LogP contribution is -2.41. The zero-order valence-electron chi connectivity index (χ0n) is 18.1. The van der Waals surface area contributed by atoms with Crippen molar-refractivity contribution in [2.75, 3.05) is 38.7 Å². The summed E-state index contributed by atoms with van der Waals surface area (Å²) in [5.41, 5.74) is 2.71. The number of methoxy groups -OCH3 is 1. The van der Waals surface area contributed by atoms with Gasteiger partial charge in [0.15, 0.2) is 5.96 Å². The first-order valence-electron chi connectivity index (χ1n) is 10.1. The Bertz CT molecular complexity index is 861. The summed E-state index contributed by atoms with van der Waals surface area (Å²) < 4.78 is 19.4. The molecule has 1 fully saturated rings. The van der Waals surface area contributed by atoms with Crippen molar-refractivity contribution in [1.29, 1.82) is 0 Å². The first-order chi connectivity index (χ1) is 14.0. The fraction of sp³-hybridized carbons (Fsp3) is 0.435. The minimum Gasteiger partial charge on any atom is -0.495 e. The number of nitrogens with one attached hydrogen (secondary N) is 2. The van der Waals surface area contributed by atoms with Crippen LogP contribution in [0, 0.1) is 18.7 Å². The fourth-order valence-corrected chi connectivity index (χ4v) is 3.71. The number of ether oxygens (including phenoxy) is 1. The van der Waals surface area contributed by atoms with Crippen LogP contribution >= 0.6 is 24.0 Å². The van der Waals surface area contributed by atoms with Crippen molar-refractivity contribution in [3.05, 3.63) is 59.4 Å². The van der Waals surface area contributed by atoms with E-state index in [4.69, 9.17) is 4.74 Å². The zero-order valence-corrected chi connectivity index (χ0v) is 20.4. The van der Waals surface area contributed by atoms with E-state index in [0.717, 1.165) is 49.0 Å². The quantitative estimate of drug-likeness (QED) is 0.331. The van der Waals surface area contributed by atoms with Crippen LogP contribution in [0.2, 0.25) is 0 Å². The van der Waals surface area contributed by atoms with E-state index in [2.05, 4.69) is 26.6 Å². The summed E-state index contributed by atoms with van der Waals surface area (Å²) in [5, 5.41) is 6.78. The zero-order chi connectivity index (χ0) is 20.8. The molecule has 2 N–H and O–H groups in total. The molecule has 30 heavy (non-hydrogen) atoms. The van der Waals surface area contributed by atoms with Gasteiger partial charge in [0.05, 0.1) is 18.8 Å². The smallest absolute Gasteiger partial charge is 0.191 e. The number of nitrogens with zero attached hydrogens (tertiary/aromatic N) is 2. The highest BCUT2D eigenvalue weighted by molar-refractivity contribution is 14.0. The molecule has 0 saturated carbocycles. The van der Waals surface area contributed by atoms with E-state index >= 15 is 0 Å². The summed E-state index contributed by atoms with van der Waals surface area (Å²) >= 11 is 0. The lowest BCUT2D eigenvalue weighted by molar-refractivity contribution is 0.414. The third-order valence-corrected chi connectivity index (χ3v) is 5.54. The molecule has 5 nitrogen and oxygen atoms in total. The number of rotatable bonds is 6. The lowest BCUT2D eigenvalue weighted by Gasteiger charge is -2.22. The van der Waals surface area contributed by atoms with E-state index in [9.17, 15) is 4.39 Å². The molecule has 0 amide bonds. The molecule has 1 saturated heterocycles. The summed E-state index contributed by atoms with van der Waals surface area (Å²) in [6.07, 6.45) is 1.11. The van der Waals surface area contributed by atoms with Crippen LogP contribution in [0.1, 0.15) is 30.5 Å². The average molecular weight is 526 g/mol. The predicted octanol–water partition coefficient (Wildman–Crippen LogP) is 4.51. The van der Waals surface area contributed by atoms with Gasteiger partial charge in [-0.05, 0) is 55.5 Å². The molecule has 2 atom stereocenters. The van der Waals surface area contributed by atoms with Gasteiger partial charge < -0.3 is 20.3 Å². The van der Waals surface area contributed by atoms with Gasteiger partial charge >= 0.3 is 0 Å². The molecule has 0 spiro atoms. The maximum atomic E-state index is 13.9. The number of guanidine groups is 1. The summed E-state index contributed by atoms with van der Waals surface area (Å²) in [5.74, 6) is 1.99. The molecule has 0 radical (unpaired) electrons. The van der Waals surface area contributed by atoms with Crippen LogP contribution in [0.15, 0.2) is 47.5 Å². The summed E-state index contributed by atoms with van der Waals surface area (Å²) in [6.45, 7) is 6.60. The number of anilines is 1. The highest BCUT2D eigenvalue weighted by atomic mass is 127. The molecule has 2 unspecified atom stereocenters. The van der Waals surface area contributed by atoms with Crippen LogP contribution in [-0.2, 0) is 0 Å². The maximum Gasteiger partial charge on any atom is 0.191 e. The minimum atomic E-state index is -0.179. The van der Waals surface area contributed by atoms with Gasteiger partial charge in [-0.25, -0.2) is 4.39 Å². The lowest BCUT2D eigenvalue weighted by atomic mass is 10.1. The van der Waals surface area contributed by atoms with Gasteiger partial charge in [-0.1, -0.05) is 24.3 Å². The third kappa shape index (κ3) is 6.00.